The van der Waals surface area contributed by atoms with E-state index in [-0.39, 0.29) is 18.5 Å². The first-order chi connectivity index (χ1) is 15.6. The fraction of sp³-hybridized carbons (Fsp3) is 0.375. The number of benzene rings is 1. The van der Waals surface area contributed by atoms with Crippen LogP contribution in [-0.2, 0) is 4.79 Å². The molecule has 168 valence electrons. The number of aromatic nitrogens is 2. The molecule has 32 heavy (non-hydrogen) atoms. The molecule has 0 unspecified atom stereocenters. The Kier molecular flexibility index (Phi) is 7.26. The summed E-state index contributed by atoms with van der Waals surface area (Å²) >= 11 is 0. The van der Waals surface area contributed by atoms with E-state index in [0.717, 1.165) is 53.8 Å². The lowest BCUT2D eigenvalue weighted by Crippen LogP contribution is -2.45. The number of carbonyl (C=O) groups is 1. The summed E-state index contributed by atoms with van der Waals surface area (Å²) in [6.07, 6.45) is 6.29. The molecule has 1 fully saturated rings. The van der Waals surface area contributed by atoms with Gasteiger partial charge in [0.05, 0.1) is 25.3 Å². The van der Waals surface area contributed by atoms with Crippen molar-refractivity contribution in [2.24, 2.45) is 0 Å². The molecule has 0 aliphatic carbocycles. The lowest BCUT2D eigenvalue weighted by molar-refractivity contribution is -0.115. The lowest BCUT2D eigenvalue weighted by atomic mass is 10.0. The number of piperidine rings is 1. The van der Waals surface area contributed by atoms with Crippen molar-refractivity contribution in [3.63, 3.8) is 0 Å². The summed E-state index contributed by atoms with van der Waals surface area (Å²) in [4.78, 5) is 22.7. The molecule has 3 aromatic rings. The van der Waals surface area contributed by atoms with Gasteiger partial charge in [-0.15, -0.1) is 0 Å². The summed E-state index contributed by atoms with van der Waals surface area (Å²) in [7, 11) is 1.63. The predicted octanol–water partition coefficient (Wildman–Crippen LogP) is 2.36. The van der Waals surface area contributed by atoms with Crippen LogP contribution in [0.1, 0.15) is 24.5 Å². The number of aliphatic hydroxyl groups is 1. The molecule has 3 heterocycles. The zero-order chi connectivity index (χ0) is 22.3. The molecule has 8 heteroatoms. The van der Waals surface area contributed by atoms with Gasteiger partial charge < -0.3 is 25.4 Å². The van der Waals surface area contributed by atoms with E-state index in [1.807, 2.05) is 24.3 Å². The number of β-amino-alcohol motifs (C(OH)–C–C–N with tert-alkyl or cyclic N) is 1. The molecule has 0 saturated carbocycles. The van der Waals surface area contributed by atoms with Crippen molar-refractivity contribution in [2.75, 3.05) is 38.6 Å². The van der Waals surface area contributed by atoms with Crippen LogP contribution in [0.2, 0.25) is 0 Å². The molecular weight excluding hydrogens is 406 g/mol. The van der Waals surface area contributed by atoms with Gasteiger partial charge in [0.1, 0.15) is 5.75 Å². The monoisotopic (exact) mass is 435 g/mol. The van der Waals surface area contributed by atoms with Crippen LogP contribution in [0.3, 0.4) is 0 Å². The van der Waals surface area contributed by atoms with E-state index in [1.165, 1.54) is 0 Å². The standard InChI is InChI=1S/C24H29N5O3/c1-32-19-2-3-22-21(14-19)20(6-11-26-22)23(30)16-29-12-7-17(8-13-29)27-15-24(31)28-18-4-9-25-10-5-18/h2-6,9-11,14,17,23,27,30H,7-8,12-13,15-16H2,1H3,(H,25,28,31)/t23-/m0/s1. The average Bonchev–Trinajstić information content (AvgIpc) is 2.83. The van der Waals surface area contributed by atoms with Gasteiger partial charge in [-0.2, -0.15) is 0 Å². The fourth-order valence-corrected chi connectivity index (χ4v) is 4.10. The van der Waals surface area contributed by atoms with Gasteiger partial charge >= 0.3 is 0 Å². The molecule has 8 nitrogen and oxygen atoms in total. The van der Waals surface area contributed by atoms with Crippen molar-refractivity contribution in [3.05, 3.63) is 60.6 Å². The highest BCUT2D eigenvalue weighted by atomic mass is 16.5. The third-order valence-electron chi connectivity index (χ3n) is 5.88. The highest BCUT2D eigenvalue weighted by molar-refractivity contribution is 5.92. The maximum absolute atomic E-state index is 12.1. The molecule has 0 bridgehead atoms. The van der Waals surface area contributed by atoms with Gasteiger partial charge in [0.2, 0.25) is 5.91 Å². The minimum atomic E-state index is -0.608. The van der Waals surface area contributed by atoms with Crippen LogP contribution in [0, 0.1) is 0 Å². The molecule has 0 spiro atoms. The summed E-state index contributed by atoms with van der Waals surface area (Å²) in [5, 5.41) is 18.0. The maximum Gasteiger partial charge on any atom is 0.238 e. The van der Waals surface area contributed by atoms with Crippen molar-refractivity contribution in [2.45, 2.75) is 25.0 Å². The van der Waals surface area contributed by atoms with Gasteiger partial charge in [-0.1, -0.05) is 0 Å². The molecule has 1 saturated heterocycles. The Morgan fingerprint density at radius 2 is 1.97 bits per heavy atom. The van der Waals surface area contributed by atoms with Crippen molar-refractivity contribution < 1.29 is 14.6 Å². The second kappa shape index (κ2) is 10.5. The zero-order valence-electron chi connectivity index (χ0n) is 18.2. The molecule has 3 N–H and O–H groups in total. The number of likely N-dealkylation sites (tertiary alicyclic amines) is 1. The second-order valence-electron chi connectivity index (χ2n) is 8.04. The van der Waals surface area contributed by atoms with Gasteiger partial charge in [0.15, 0.2) is 0 Å². The number of rotatable bonds is 8. The number of hydrogen-bond donors (Lipinski definition) is 3. The smallest absolute Gasteiger partial charge is 0.238 e. The molecule has 1 aliphatic rings. The Labute approximate surface area is 187 Å². The molecule has 0 radical (unpaired) electrons. The number of anilines is 1. The molecular formula is C24H29N5O3. The number of nitrogens with zero attached hydrogens (tertiary/aromatic N) is 3. The van der Waals surface area contributed by atoms with Crippen molar-refractivity contribution in [1.29, 1.82) is 0 Å². The van der Waals surface area contributed by atoms with Gasteiger partial charge in [0, 0.05) is 42.3 Å². The molecule has 1 aromatic carbocycles. The summed E-state index contributed by atoms with van der Waals surface area (Å²) in [6.45, 7) is 2.58. The van der Waals surface area contributed by atoms with Crippen LogP contribution in [0.15, 0.2) is 55.0 Å². The molecule has 2 aromatic heterocycles. The summed E-state index contributed by atoms with van der Waals surface area (Å²) in [6, 6.07) is 11.4. The Bertz CT molecular complexity index is 1040. The van der Waals surface area contributed by atoms with Crippen LogP contribution in [0.5, 0.6) is 5.75 Å². The van der Waals surface area contributed by atoms with E-state index < -0.39 is 6.10 Å². The number of pyridine rings is 2. The number of hydrogen-bond acceptors (Lipinski definition) is 7. The molecule has 1 aliphatic heterocycles. The number of carbonyl (C=O) groups excluding carboxylic acids is 1. The molecule has 1 amide bonds. The number of fused-ring (bicyclic) bond motifs is 1. The van der Waals surface area contributed by atoms with Crippen LogP contribution >= 0.6 is 0 Å². The average molecular weight is 436 g/mol. The van der Waals surface area contributed by atoms with Crippen LogP contribution < -0.4 is 15.4 Å². The molecule has 4 rings (SSSR count). The van der Waals surface area contributed by atoms with Crippen molar-refractivity contribution in [1.82, 2.24) is 20.2 Å². The van der Waals surface area contributed by atoms with Crippen LogP contribution in [0.4, 0.5) is 5.69 Å². The van der Waals surface area contributed by atoms with E-state index >= 15 is 0 Å². The Morgan fingerprint density at radius 1 is 1.19 bits per heavy atom. The van der Waals surface area contributed by atoms with Gasteiger partial charge in [0.25, 0.3) is 0 Å². The minimum Gasteiger partial charge on any atom is -0.497 e. The Morgan fingerprint density at radius 3 is 2.72 bits per heavy atom. The van der Waals surface area contributed by atoms with Gasteiger partial charge in [-0.25, -0.2) is 0 Å². The minimum absolute atomic E-state index is 0.0611. The number of amides is 1. The third kappa shape index (κ3) is 5.59. The summed E-state index contributed by atoms with van der Waals surface area (Å²) < 4.78 is 5.33. The van der Waals surface area contributed by atoms with E-state index in [2.05, 4.69) is 25.5 Å². The first-order valence-corrected chi connectivity index (χ1v) is 10.9. The number of methoxy groups -OCH3 is 1. The van der Waals surface area contributed by atoms with Crippen LogP contribution in [-0.4, -0.2) is 65.2 Å². The quantitative estimate of drug-likeness (QED) is 0.499. The summed E-state index contributed by atoms with van der Waals surface area (Å²) in [5.41, 5.74) is 2.45. The largest absolute Gasteiger partial charge is 0.497 e. The SMILES string of the molecule is COc1ccc2nccc([C@@H](O)CN3CCC(NCC(=O)Nc4ccncc4)CC3)c2c1. The summed E-state index contributed by atoms with van der Waals surface area (Å²) in [5.74, 6) is 0.688. The van der Waals surface area contributed by atoms with Gasteiger partial charge in [-0.05, 0) is 67.9 Å². The topological polar surface area (TPSA) is 99.6 Å². The number of aliphatic hydroxyl groups excluding tert-OH is 1. The normalized spacial score (nSPS) is 16.1. The Hall–Kier alpha value is -3.07. The fourth-order valence-electron chi connectivity index (χ4n) is 4.10. The Balaban J connectivity index is 1.26. The van der Waals surface area contributed by atoms with Crippen LogP contribution in [0.25, 0.3) is 10.9 Å². The van der Waals surface area contributed by atoms with Gasteiger partial charge in [-0.3, -0.25) is 14.8 Å². The van der Waals surface area contributed by atoms with Crippen molar-refractivity contribution in [3.8, 4) is 5.75 Å². The number of nitrogens with one attached hydrogen (secondary N) is 2. The highest BCUT2D eigenvalue weighted by Crippen LogP contribution is 2.27. The van der Waals surface area contributed by atoms with E-state index in [1.54, 1.807) is 37.8 Å². The second-order valence-corrected chi connectivity index (χ2v) is 8.04. The molecule has 1 atom stereocenters. The zero-order valence-corrected chi connectivity index (χ0v) is 18.2. The first kappa shape index (κ1) is 22.1. The lowest BCUT2D eigenvalue weighted by Gasteiger charge is -2.33. The van der Waals surface area contributed by atoms with E-state index in [4.69, 9.17) is 4.74 Å². The maximum atomic E-state index is 12.1. The van der Waals surface area contributed by atoms with E-state index in [9.17, 15) is 9.90 Å². The number of ether oxygens (including phenoxy) is 1. The first-order valence-electron chi connectivity index (χ1n) is 10.9. The third-order valence-corrected chi connectivity index (χ3v) is 5.88. The van der Waals surface area contributed by atoms with E-state index in [0.29, 0.717) is 6.54 Å². The highest BCUT2D eigenvalue weighted by Gasteiger charge is 2.23. The predicted molar refractivity (Wildman–Crippen MR) is 124 cm³/mol. The van der Waals surface area contributed by atoms with Crippen molar-refractivity contribution >= 4 is 22.5 Å².